The van der Waals surface area contributed by atoms with Crippen LogP contribution in [0.2, 0.25) is 0 Å². The average molecular weight is 237 g/mol. The van der Waals surface area contributed by atoms with E-state index in [2.05, 4.69) is 10.5 Å². The molecule has 1 N–H and O–H groups in total. The van der Waals surface area contributed by atoms with Gasteiger partial charge in [0, 0.05) is 26.1 Å². The Hall–Kier alpha value is -1.10. The fraction of sp³-hybridized carbons (Fsp3) is 0.833. The molecule has 0 aromatic heterocycles. The van der Waals surface area contributed by atoms with Crippen molar-refractivity contribution in [1.82, 2.24) is 10.2 Å². The van der Waals surface area contributed by atoms with Gasteiger partial charge in [-0.15, -0.1) is 0 Å². The number of nitrogens with one attached hydrogen (secondary N) is 1. The van der Waals surface area contributed by atoms with Gasteiger partial charge in [-0.25, -0.2) is 0 Å². The summed E-state index contributed by atoms with van der Waals surface area (Å²) in [7, 11) is 0. The Morgan fingerprint density at radius 2 is 2.18 bits per heavy atom. The fourth-order valence-electron chi connectivity index (χ4n) is 2.91. The molecule has 5 heteroatoms. The maximum Gasteiger partial charge on any atom is 0.271 e. The number of hydrogen-bond donors (Lipinski definition) is 1. The molecule has 1 amide bonds. The highest BCUT2D eigenvalue weighted by atomic mass is 16.7. The predicted octanol–water partition coefficient (Wildman–Crippen LogP) is 0.507. The molecule has 0 aromatic rings. The van der Waals surface area contributed by atoms with Gasteiger partial charge in [0.15, 0.2) is 5.60 Å². The van der Waals surface area contributed by atoms with Crippen LogP contribution < -0.4 is 5.32 Å². The molecule has 3 aliphatic heterocycles. The summed E-state index contributed by atoms with van der Waals surface area (Å²) in [6.07, 6.45) is 5.01. The topological polar surface area (TPSA) is 53.9 Å². The van der Waals surface area contributed by atoms with E-state index in [4.69, 9.17) is 4.84 Å². The maximum absolute atomic E-state index is 12.2. The van der Waals surface area contributed by atoms with Crippen LogP contribution in [0.25, 0.3) is 0 Å². The first-order valence-electron chi connectivity index (χ1n) is 6.54. The third kappa shape index (κ3) is 2.04. The van der Waals surface area contributed by atoms with Crippen molar-refractivity contribution in [2.24, 2.45) is 5.16 Å². The van der Waals surface area contributed by atoms with Crippen molar-refractivity contribution in [2.75, 3.05) is 26.2 Å². The number of hydrogen-bond acceptors (Lipinski definition) is 4. The van der Waals surface area contributed by atoms with E-state index in [1.807, 2.05) is 4.90 Å². The molecule has 94 valence electrons. The van der Waals surface area contributed by atoms with Crippen LogP contribution >= 0.6 is 0 Å². The predicted molar refractivity (Wildman–Crippen MR) is 63.8 cm³/mol. The van der Waals surface area contributed by atoms with E-state index in [1.165, 1.54) is 0 Å². The lowest BCUT2D eigenvalue weighted by atomic mass is 9.89. The van der Waals surface area contributed by atoms with Gasteiger partial charge in [-0.05, 0) is 32.2 Å². The van der Waals surface area contributed by atoms with Crippen molar-refractivity contribution in [2.45, 2.75) is 37.7 Å². The Morgan fingerprint density at radius 1 is 1.35 bits per heavy atom. The molecule has 0 bridgehead atoms. The Labute approximate surface area is 101 Å². The first-order chi connectivity index (χ1) is 8.29. The standard InChI is InChI=1S/C12H19N3O2/c16-11(15-6-1-2-7-15)10-8-12(17-14-10)4-3-5-13-9-12/h13H,1-9H2. The van der Waals surface area contributed by atoms with Gasteiger partial charge in [0.25, 0.3) is 5.91 Å². The molecule has 1 unspecified atom stereocenters. The lowest BCUT2D eigenvalue weighted by Gasteiger charge is -2.31. The zero-order valence-corrected chi connectivity index (χ0v) is 10.1. The zero-order valence-electron chi connectivity index (χ0n) is 10.1. The van der Waals surface area contributed by atoms with Crippen LogP contribution in [0.15, 0.2) is 5.16 Å². The minimum absolute atomic E-state index is 0.0879. The molecule has 3 aliphatic rings. The molecule has 1 spiro atoms. The van der Waals surface area contributed by atoms with E-state index in [9.17, 15) is 4.79 Å². The number of rotatable bonds is 1. The number of piperidine rings is 1. The summed E-state index contributed by atoms with van der Waals surface area (Å²) in [5.74, 6) is 0.0879. The van der Waals surface area contributed by atoms with Gasteiger partial charge in [-0.1, -0.05) is 5.16 Å². The van der Waals surface area contributed by atoms with Gasteiger partial charge < -0.3 is 15.1 Å². The molecule has 0 saturated carbocycles. The van der Waals surface area contributed by atoms with Crippen LogP contribution in [-0.2, 0) is 9.63 Å². The quantitative estimate of drug-likeness (QED) is 0.723. The maximum atomic E-state index is 12.2. The highest BCUT2D eigenvalue weighted by molar-refractivity contribution is 6.39. The lowest BCUT2D eigenvalue weighted by molar-refractivity contribution is -0.123. The van der Waals surface area contributed by atoms with E-state index in [-0.39, 0.29) is 11.5 Å². The smallest absolute Gasteiger partial charge is 0.271 e. The number of carbonyl (C=O) groups is 1. The molecule has 0 aromatic carbocycles. The van der Waals surface area contributed by atoms with Crippen molar-refractivity contribution in [3.05, 3.63) is 0 Å². The SMILES string of the molecule is O=C(C1=NOC2(CCCNC2)C1)N1CCCC1. The minimum atomic E-state index is -0.233. The van der Waals surface area contributed by atoms with Crippen molar-refractivity contribution in [3.8, 4) is 0 Å². The van der Waals surface area contributed by atoms with Crippen molar-refractivity contribution >= 4 is 11.6 Å². The van der Waals surface area contributed by atoms with E-state index >= 15 is 0 Å². The Balaban J connectivity index is 1.64. The Kier molecular flexibility index (Phi) is 2.78. The summed E-state index contributed by atoms with van der Waals surface area (Å²) in [4.78, 5) is 19.6. The van der Waals surface area contributed by atoms with Crippen LogP contribution in [0, 0.1) is 0 Å². The Bertz CT molecular complexity index is 342. The molecule has 5 nitrogen and oxygen atoms in total. The molecule has 1 atom stereocenters. The Morgan fingerprint density at radius 3 is 2.88 bits per heavy atom. The van der Waals surface area contributed by atoms with Crippen LogP contribution in [-0.4, -0.2) is 48.3 Å². The van der Waals surface area contributed by atoms with Gasteiger partial charge in [0.2, 0.25) is 0 Å². The highest BCUT2D eigenvalue weighted by Crippen LogP contribution is 2.31. The molecular weight excluding hydrogens is 218 g/mol. The molecule has 3 heterocycles. The van der Waals surface area contributed by atoms with Gasteiger partial charge in [-0.3, -0.25) is 4.79 Å². The summed E-state index contributed by atoms with van der Waals surface area (Å²) in [5, 5.41) is 7.37. The second-order valence-electron chi connectivity index (χ2n) is 5.27. The summed E-state index contributed by atoms with van der Waals surface area (Å²) in [6, 6.07) is 0. The van der Waals surface area contributed by atoms with Crippen molar-refractivity contribution in [3.63, 3.8) is 0 Å². The van der Waals surface area contributed by atoms with Gasteiger partial charge in [0.1, 0.15) is 5.71 Å². The number of amides is 1. The van der Waals surface area contributed by atoms with E-state index in [0.717, 1.165) is 51.9 Å². The second-order valence-corrected chi connectivity index (χ2v) is 5.27. The average Bonchev–Trinajstić information content (AvgIpc) is 2.99. The number of likely N-dealkylation sites (tertiary alicyclic amines) is 1. The van der Waals surface area contributed by atoms with Crippen molar-refractivity contribution < 1.29 is 9.63 Å². The highest BCUT2D eigenvalue weighted by Gasteiger charge is 2.43. The largest absolute Gasteiger partial charge is 0.387 e. The number of carbonyl (C=O) groups excluding carboxylic acids is 1. The molecule has 0 radical (unpaired) electrons. The van der Waals surface area contributed by atoms with Gasteiger partial charge >= 0.3 is 0 Å². The molecule has 2 fully saturated rings. The summed E-state index contributed by atoms with van der Waals surface area (Å²) in [5.41, 5.74) is 0.388. The molecule has 0 aliphatic carbocycles. The first kappa shape index (κ1) is 11.0. The third-order valence-corrected chi connectivity index (χ3v) is 3.91. The van der Waals surface area contributed by atoms with Crippen LogP contribution in [0.4, 0.5) is 0 Å². The van der Waals surface area contributed by atoms with Crippen LogP contribution in [0.5, 0.6) is 0 Å². The van der Waals surface area contributed by atoms with E-state index in [1.54, 1.807) is 0 Å². The van der Waals surface area contributed by atoms with Crippen LogP contribution in [0.3, 0.4) is 0 Å². The molecule has 3 rings (SSSR count). The fourth-order valence-corrected chi connectivity index (χ4v) is 2.91. The zero-order chi connectivity index (χ0) is 11.7. The summed E-state index contributed by atoms with van der Waals surface area (Å²) in [6.45, 7) is 3.61. The summed E-state index contributed by atoms with van der Waals surface area (Å²) < 4.78 is 0. The monoisotopic (exact) mass is 237 g/mol. The second kappa shape index (κ2) is 4.29. The number of nitrogens with zero attached hydrogens (tertiary/aromatic N) is 2. The van der Waals surface area contributed by atoms with E-state index < -0.39 is 0 Å². The molecular formula is C12H19N3O2. The normalized spacial score (nSPS) is 32.7. The van der Waals surface area contributed by atoms with Gasteiger partial charge in [0.05, 0.1) is 0 Å². The van der Waals surface area contributed by atoms with E-state index in [0.29, 0.717) is 12.1 Å². The van der Waals surface area contributed by atoms with Crippen molar-refractivity contribution in [1.29, 1.82) is 0 Å². The first-order valence-corrected chi connectivity index (χ1v) is 6.54. The number of oxime groups is 1. The third-order valence-electron chi connectivity index (χ3n) is 3.91. The molecule has 17 heavy (non-hydrogen) atoms. The van der Waals surface area contributed by atoms with Gasteiger partial charge in [-0.2, -0.15) is 0 Å². The van der Waals surface area contributed by atoms with Crippen LogP contribution in [0.1, 0.15) is 32.1 Å². The summed E-state index contributed by atoms with van der Waals surface area (Å²) >= 11 is 0. The molecule has 2 saturated heterocycles. The lowest BCUT2D eigenvalue weighted by Crippen LogP contribution is -2.46. The minimum Gasteiger partial charge on any atom is -0.387 e.